The molecular formula is C33H35ClN4. The van der Waals surface area contributed by atoms with Gasteiger partial charge in [0.25, 0.3) is 0 Å². The number of aromatic nitrogens is 1. The van der Waals surface area contributed by atoms with Crippen molar-refractivity contribution in [2.75, 3.05) is 6.54 Å². The van der Waals surface area contributed by atoms with Gasteiger partial charge in [-0.3, -0.25) is 0 Å². The van der Waals surface area contributed by atoms with Crippen molar-refractivity contribution in [3.8, 4) is 17.8 Å². The molecule has 0 saturated heterocycles. The maximum absolute atomic E-state index is 10.00. The van der Waals surface area contributed by atoms with E-state index in [1.807, 2.05) is 94.7 Å². The third kappa shape index (κ3) is 7.36. The minimum Gasteiger partial charge on any atom is -0.324 e. The van der Waals surface area contributed by atoms with E-state index in [9.17, 15) is 10.5 Å². The number of hydrogen-bond acceptors (Lipinski definition) is 3. The number of rotatable bonds is 9. The Morgan fingerprint density at radius 3 is 2.13 bits per heavy atom. The molecule has 4 rings (SSSR count). The molecule has 3 aromatic carbocycles. The third-order valence-corrected chi connectivity index (χ3v) is 6.84. The van der Waals surface area contributed by atoms with E-state index in [2.05, 4.69) is 52.4 Å². The van der Waals surface area contributed by atoms with Crippen LogP contribution < -0.4 is 5.32 Å². The summed E-state index contributed by atoms with van der Waals surface area (Å²) < 4.78 is 2.06. The Morgan fingerprint density at radius 1 is 0.868 bits per heavy atom. The van der Waals surface area contributed by atoms with Crippen molar-refractivity contribution in [3.05, 3.63) is 125 Å². The van der Waals surface area contributed by atoms with E-state index in [1.54, 1.807) is 0 Å². The first-order chi connectivity index (χ1) is 18.4. The number of nitrogens with zero attached hydrogens (tertiary/aromatic N) is 3. The molecule has 194 valence electrons. The van der Waals surface area contributed by atoms with Gasteiger partial charge in [-0.15, -0.1) is 0 Å². The first-order valence-electron chi connectivity index (χ1n) is 13.0. The number of benzene rings is 3. The van der Waals surface area contributed by atoms with E-state index in [-0.39, 0.29) is 12.0 Å². The molecule has 38 heavy (non-hydrogen) atoms. The van der Waals surface area contributed by atoms with Crippen LogP contribution in [-0.4, -0.2) is 11.1 Å². The second kappa shape index (κ2) is 13.6. The summed E-state index contributed by atoms with van der Waals surface area (Å²) in [4.78, 5) is 0. The second-order valence-corrected chi connectivity index (χ2v) is 10.1. The third-order valence-electron chi connectivity index (χ3n) is 6.59. The van der Waals surface area contributed by atoms with E-state index >= 15 is 0 Å². The molecule has 0 aliphatic carbocycles. The van der Waals surface area contributed by atoms with E-state index < -0.39 is 5.41 Å². The van der Waals surface area contributed by atoms with Gasteiger partial charge in [0.05, 0.1) is 29.2 Å². The molecule has 0 amide bonds. The van der Waals surface area contributed by atoms with Crippen LogP contribution in [0.3, 0.4) is 0 Å². The minimum atomic E-state index is -0.631. The van der Waals surface area contributed by atoms with Crippen molar-refractivity contribution < 1.29 is 0 Å². The van der Waals surface area contributed by atoms with Gasteiger partial charge in [-0.25, -0.2) is 0 Å². The molecule has 0 aliphatic heterocycles. The lowest BCUT2D eigenvalue weighted by Gasteiger charge is -2.32. The van der Waals surface area contributed by atoms with Crippen LogP contribution in [0.2, 0.25) is 5.02 Å². The van der Waals surface area contributed by atoms with Crippen molar-refractivity contribution >= 4 is 11.6 Å². The van der Waals surface area contributed by atoms with Crippen LogP contribution in [0, 0.1) is 28.1 Å². The summed E-state index contributed by atoms with van der Waals surface area (Å²) in [7, 11) is 0. The molecule has 5 heteroatoms. The van der Waals surface area contributed by atoms with Crippen molar-refractivity contribution in [2.45, 2.75) is 46.1 Å². The van der Waals surface area contributed by atoms with Crippen LogP contribution in [0.5, 0.6) is 0 Å². The maximum Gasteiger partial charge on any atom is 0.0991 e. The zero-order valence-electron chi connectivity index (χ0n) is 22.5. The Bertz CT molecular complexity index is 1360. The Hall–Kier alpha value is -3.83. The quantitative estimate of drug-likeness (QED) is 0.241. The second-order valence-electron chi connectivity index (χ2n) is 9.62. The number of halogens is 1. The normalized spacial score (nSPS) is 12.4. The zero-order valence-corrected chi connectivity index (χ0v) is 23.3. The predicted molar refractivity (Wildman–Crippen MR) is 156 cm³/mol. The molecule has 0 spiro atoms. The Balaban J connectivity index is 0.00000195. The first-order valence-corrected chi connectivity index (χ1v) is 13.4. The highest BCUT2D eigenvalue weighted by Gasteiger charge is 2.31. The Labute approximate surface area is 232 Å². The lowest BCUT2D eigenvalue weighted by molar-refractivity contribution is 0.317. The smallest absolute Gasteiger partial charge is 0.0991 e. The molecule has 1 aromatic heterocycles. The highest BCUT2D eigenvalue weighted by molar-refractivity contribution is 6.30. The summed E-state index contributed by atoms with van der Waals surface area (Å²) in [6.07, 6.45) is 4.81. The summed E-state index contributed by atoms with van der Waals surface area (Å²) in [5.74, 6) is 0.107. The van der Waals surface area contributed by atoms with Gasteiger partial charge in [-0.2, -0.15) is 10.5 Å². The number of hydrogen-bond donors (Lipinski definition) is 1. The fraction of sp³-hybridized carbons (Fsp3) is 0.273. The minimum absolute atomic E-state index is 0.107. The molecule has 2 unspecified atom stereocenters. The van der Waals surface area contributed by atoms with Crippen LogP contribution in [0.4, 0.5) is 0 Å². The largest absolute Gasteiger partial charge is 0.324 e. The van der Waals surface area contributed by atoms with E-state index in [0.29, 0.717) is 17.1 Å². The molecule has 2 atom stereocenters. The standard InChI is InChI=1S/C31H29ClN4.C2H6/c1-31(2,22-34)30(25-10-14-29(15-11-25)36-16-3-4-17-36)35-21-27(18-23-8-12-28(32)13-9-23)26-7-5-6-24(19-26)20-33;1-2/h3-17,19,27,30,35H,18,21H2,1-2H3;1-2H3. The van der Waals surface area contributed by atoms with Gasteiger partial charge in [-0.05, 0) is 85.5 Å². The van der Waals surface area contributed by atoms with Gasteiger partial charge in [0.1, 0.15) is 0 Å². The Morgan fingerprint density at radius 2 is 1.53 bits per heavy atom. The summed E-state index contributed by atoms with van der Waals surface area (Å²) in [5.41, 5.74) is 4.41. The van der Waals surface area contributed by atoms with E-state index in [0.717, 1.165) is 23.2 Å². The maximum atomic E-state index is 10.00. The van der Waals surface area contributed by atoms with Crippen molar-refractivity contribution in [3.63, 3.8) is 0 Å². The summed E-state index contributed by atoms with van der Waals surface area (Å²) in [6.45, 7) is 8.58. The average Bonchev–Trinajstić information content (AvgIpc) is 3.50. The van der Waals surface area contributed by atoms with Gasteiger partial charge < -0.3 is 9.88 Å². The molecule has 4 aromatic rings. The molecule has 1 N–H and O–H groups in total. The molecule has 0 bridgehead atoms. The lowest BCUT2D eigenvalue weighted by Crippen LogP contribution is -2.36. The van der Waals surface area contributed by atoms with Gasteiger partial charge in [-0.1, -0.05) is 61.8 Å². The van der Waals surface area contributed by atoms with Crippen LogP contribution in [-0.2, 0) is 6.42 Å². The Kier molecular flexibility index (Phi) is 10.3. The molecule has 4 nitrogen and oxygen atoms in total. The summed E-state index contributed by atoms with van der Waals surface area (Å²) in [5, 5.41) is 23.9. The van der Waals surface area contributed by atoms with Crippen LogP contribution in [0.15, 0.2) is 97.3 Å². The van der Waals surface area contributed by atoms with E-state index in [1.165, 1.54) is 5.56 Å². The highest BCUT2D eigenvalue weighted by atomic mass is 35.5. The van der Waals surface area contributed by atoms with E-state index in [4.69, 9.17) is 11.6 Å². The van der Waals surface area contributed by atoms with Gasteiger partial charge in [0, 0.05) is 35.6 Å². The van der Waals surface area contributed by atoms with Crippen molar-refractivity contribution in [1.82, 2.24) is 9.88 Å². The topological polar surface area (TPSA) is 64.5 Å². The monoisotopic (exact) mass is 522 g/mol. The average molecular weight is 523 g/mol. The molecule has 0 radical (unpaired) electrons. The van der Waals surface area contributed by atoms with Gasteiger partial charge >= 0.3 is 0 Å². The zero-order chi connectivity index (χ0) is 27.5. The number of nitrogens with one attached hydrogen (secondary N) is 1. The fourth-order valence-corrected chi connectivity index (χ4v) is 4.66. The van der Waals surface area contributed by atoms with Crippen molar-refractivity contribution in [1.29, 1.82) is 10.5 Å². The number of nitriles is 2. The van der Waals surface area contributed by atoms with Gasteiger partial charge in [0.2, 0.25) is 0 Å². The molecule has 0 aliphatic rings. The molecular weight excluding hydrogens is 488 g/mol. The van der Waals surface area contributed by atoms with Crippen LogP contribution in [0.25, 0.3) is 5.69 Å². The highest BCUT2D eigenvalue weighted by Crippen LogP contribution is 2.34. The van der Waals surface area contributed by atoms with Gasteiger partial charge in [0.15, 0.2) is 0 Å². The summed E-state index contributed by atoms with van der Waals surface area (Å²) in [6, 6.07) is 32.6. The molecule has 1 heterocycles. The van der Waals surface area contributed by atoms with Crippen molar-refractivity contribution in [2.24, 2.45) is 5.41 Å². The van der Waals surface area contributed by atoms with Crippen LogP contribution >= 0.6 is 11.6 Å². The lowest BCUT2D eigenvalue weighted by atomic mass is 9.81. The first kappa shape index (κ1) is 28.7. The SMILES string of the molecule is CC.CC(C)(C#N)C(NCC(Cc1ccc(Cl)cc1)c1cccc(C#N)c1)c1ccc(-n2cccc2)cc1. The fourth-order valence-electron chi connectivity index (χ4n) is 4.53. The molecule has 0 fully saturated rings. The predicted octanol–water partition coefficient (Wildman–Crippen LogP) is 8.24. The van der Waals surface area contributed by atoms with Crippen LogP contribution in [0.1, 0.15) is 61.9 Å². The summed E-state index contributed by atoms with van der Waals surface area (Å²) >= 11 is 6.10. The molecule has 0 saturated carbocycles.